The van der Waals surface area contributed by atoms with Gasteiger partial charge in [0.2, 0.25) is 5.88 Å². The first kappa shape index (κ1) is 18.4. The summed E-state index contributed by atoms with van der Waals surface area (Å²) in [5.74, 6) is 1.07. The summed E-state index contributed by atoms with van der Waals surface area (Å²) in [6, 6.07) is -0.197. The van der Waals surface area contributed by atoms with Crippen molar-refractivity contribution in [2.24, 2.45) is 12.0 Å². The van der Waals surface area contributed by atoms with E-state index in [0.29, 0.717) is 44.1 Å². The summed E-state index contributed by atoms with van der Waals surface area (Å²) in [5, 5.41) is 17.2. The van der Waals surface area contributed by atoms with E-state index in [0.717, 1.165) is 22.4 Å². The van der Waals surface area contributed by atoms with Gasteiger partial charge in [-0.1, -0.05) is 0 Å². The molecule has 2 aromatic heterocycles. The van der Waals surface area contributed by atoms with Crippen LogP contribution in [0, 0.1) is 0 Å². The average Bonchev–Trinajstić information content (AvgIpc) is 3.26. The highest BCUT2D eigenvalue weighted by Gasteiger charge is 2.31. The van der Waals surface area contributed by atoms with E-state index >= 15 is 0 Å². The van der Waals surface area contributed by atoms with Crippen molar-refractivity contribution in [3.05, 3.63) is 24.2 Å². The Bertz CT molecular complexity index is 939. The van der Waals surface area contributed by atoms with Crippen LogP contribution >= 0.6 is 0 Å². The van der Waals surface area contributed by atoms with E-state index in [9.17, 15) is 9.90 Å². The van der Waals surface area contributed by atoms with Crippen molar-refractivity contribution in [2.45, 2.75) is 31.8 Å². The lowest BCUT2D eigenvalue weighted by Crippen LogP contribution is -2.50. The summed E-state index contributed by atoms with van der Waals surface area (Å²) >= 11 is 0. The molecule has 0 aromatic carbocycles. The highest BCUT2D eigenvalue weighted by atomic mass is 16.5. The number of rotatable bonds is 2. The zero-order valence-corrected chi connectivity index (χ0v) is 16.3. The first-order valence-corrected chi connectivity index (χ1v) is 9.27. The third-order valence-electron chi connectivity index (χ3n) is 5.29. The largest absolute Gasteiger partial charge is 0.481 e. The molecule has 9 nitrogen and oxygen atoms in total. The van der Waals surface area contributed by atoms with Crippen molar-refractivity contribution in [3.63, 3.8) is 0 Å². The van der Waals surface area contributed by atoms with Gasteiger partial charge in [-0.15, -0.1) is 0 Å². The van der Waals surface area contributed by atoms with E-state index in [-0.39, 0.29) is 6.03 Å². The van der Waals surface area contributed by atoms with Gasteiger partial charge in [-0.25, -0.2) is 14.8 Å². The quantitative estimate of drug-likeness (QED) is 0.819. The van der Waals surface area contributed by atoms with E-state index in [1.54, 1.807) is 36.0 Å². The van der Waals surface area contributed by atoms with Crippen molar-refractivity contribution in [2.75, 3.05) is 20.2 Å². The number of ether oxygens (including phenoxy) is 1. The number of nitrogens with one attached hydrogen (secondary N) is 1. The number of nitrogens with zero attached hydrogens (tertiary/aromatic N) is 5. The van der Waals surface area contributed by atoms with Crippen molar-refractivity contribution in [3.8, 4) is 17.0 Å². The number of fused-ring (bicyclic) bond motifs is 1. The number of aliphatic imine (C=N–C) groups is 1. The molecule has 2 aliphatic rings. The molecule has 0 spiro atoms. The topological polar surface area (TPSA) is 105 Å². The Morgan fingerprint density at radius 1 is 1.32 bits per heavy atom. The van der Waals surface area contributed by atoms with Crippen LogP contribution in [0.15, 0.2) is 23.6 Å². The van der Waals surface area contributed by atoms with Gasteiger partial charge < -0.3 is 14.7 Å². The molecular formula is C19H24N6O3. The molecule has 0 unspecified atom stereocenters. The first-order valence-electron chi connectivity index (χ1n) is 9.27. The number of carbonyl (C=O) groups excluding carboxylic acids is 1. The SMILES string of the molecule is COc1ncc(-c2cnn(C)c2)c2c1CC(NC(=O)N1CCC(C)(O)CC1)=N2. The molecule has 4 rings (SSSR count). The van der Waals surface area contributed by atoms with Crippen LogP contribution in [0.4, 0.5) is 10.5 Å². The van der Waals surface area contributed by atoms with Crippen LogP contribution in [0.3, 0.4) is 0 Å². The molecule has 2 aliphatic heterocycles. The molecule has 28 heavy (non-hydrogen) atoms. The number of amides is 2. The molecule has 4 heterocycles. The van der Waals surface area contributed by atoms with Crippen LogP contribution < -0.4 is 10.1 Å². The summed E-state index contributed by atoms with van der Waals surface area (Å²) in [5.41, 5.74) is 2.65. The summed E-state index contributed by atoms with van der Waals surface area (Å²) < 4.78 is 7.11. The summed E-state index contributed by atoms with van der Waals surface area (Å²) in [7, 11) is 3.42. The second-order valence-corrected chi connectivity index (χ2v) is 7.56. The molecule has 148 valence electrons. The van der Waals surface area contributed by atoms with Gasteiger partial charge in [0.15, 0.2) is 0 Å². The van der Waals surface area contributed by atoms with Crippen LogP contribution in [0.5, 0.6) is 5.88 Å². The third kappa shape index (κ3) is 3.45. The van der Waals surface area contributed by atoms with E-state index in [4.69, 9.17) is 4.74 Å². The Balaban J connectivity index is 1.56. The second kappa shape index (κ2) is 6.90. The van der Waals surface area contributed by atoms with E-state index in [1.807, 2.05) is 13.2 Å². The maximum Gasteiger partial charge on any atom is 0.322 e. The van der Waals surface area contributed by atoms with Crippen LogP contribution in [0.25, 0.3) is 11.1 Å². The number of carbonyl (C=O) groups is 1. The van der Waals surface area contributed by atoms with Gasteiger partial charge in [0.05, 0.1) is 24.6 Å². The Hall–Kier alpha value is -2.94. The van der Waals surface area contributed by atoms with Crippen LogP contribution in [-0.2, 0) is 13.5 Å². The summed E-state index contributed by atoms with van der Waals surface area (Å²) in [6.07, 6.45) is 6.95. The highest BCUT2D eigenvalue weighted by molar-refractivity contribution is 6.04. The first-order chi connectivity index (χ1) is 13.4. The lowest BCUT2D eigenvalue weighted by Gasteiger charge is -2.35. The molecule has 0 atom stereocenters. The summed E-state index contributed by atoms with van der Waals surface area (Å²) in [4.78, 5) is 23.4. The van der Waals surface area contributed by atoms with E-state index < -0.39 is 5.60 Å². The van der Waals surface area contributed by atoms with Crippen molar-refractivity contribution in [1.82, 2.24) is 25.0 Å². The molecule has 0 saturated carbocycles. The Morgan fingerprint density at radius 2 is 2.07 bits per heavy atom. The molecule has 0 aliphatic carbocycles. The molecule has 1 fully saturated rings. The fourth-order valence-corrected chi connectivity index (χ4v) is 3.57. The van der Waals surface area contributed by atoms with Crippen LogP contribution in [0.1, 0.15) is 25.3 Å². The van der Waals surface area contributed by atoms with Gasteiger partial charge in [-0.2, -0.15) is 5.10 Å². The minimum atomic E-state index is -0.699. The standard InChI is InChI=1S/C19H24N6O3/c1-19(27)4-6-25(7-5-19)18(26)23-15-8-13-16(22-15)14(10-20-17(13)28-3)12-9-21-24(2)11-12/h9-11,27H,4-8H2,1-3H3,(H,22,23,26). The molecule has 1 saturated heterocycles. The number of methoxy groups -OCH3 is 1. The monoisotopic (exact) mass is 384 g/mol. The van der Waals surface area contributed by atoms with Gasteiger partial charge in [0.1, 0.15) is 5.84 Å². The van der Waals surface area contributed by atoms with Crippen molar-refractivity contribution < 1.29 is 14.6 Å². The number of amidine groups is 1. The number of likely N-dealkylation sites (tertiary alicyclic amines) is 1. The van der Waals surface area contributed by atoms with E-state index in [2.05, 4.69) is 20.4 Å². The maximum atomic E-state index is 12.6. The normalized spacial score (nSPS) is 17.9. The number of hydrogen-bond acceptors (Lipinski definition) is 6. The molecule has 9 heteroatoms. The minimum absolute atomic E-state index is 0.197. The molecule has 0 bridgehead atoms. The zero-order chi connectivity index (χ0) is 19.9. The zero-order valence-electron chi connectivity index (χ0n) is 16.3. The number of aliphatic hydroxyl groups is 1. The maximum absolute atomic E-state index is 12.6. The number of piperidine rings is 1. The highest BCUT2D eigenvalue weighted by Crippen LogP contribution is 2.40. The van der Waals surface area contributed by atoms with Crippen LogP contribution in [-0.4, -0.2) is 62.4 Å². The fourth-order valence-electron chi connectivity index (χ4n) is 3.57. The van der Waals surface area contributed by atoms with Gasteiger partial charge in [0, 0.05) is 55.6 Å². The smallest absolute Gasteiger partial charge is 0.322 e. The van der Waals surface area contributed by atoms with Crippen molar-refractivity contribution >= 4 is 17.6 Å². The number of hydrogen-bond donors (Lipinski definition) is 2. The van der Waals surface area contributed by atoms with Gasteiger partial charge in [0.25, 0.3) is 0 Å². The Kier molecular flexibility index (Phi) is 4.54. The Morgan fingerprint density at radius 3 is 2.71 bits per heavy atom. The number of aryl methyl sites for hydroxylation is 1. The molecule has 2 aromatic rings. The summed E-state index contributed by atoms with van der Waals surface area (Å²) in [6.45, 7) is 2.84. The molecule has 0 radical (unpaired) electrons. The average molecular weight is 384 g/mol. The van der Waals surface area contributed by atoms with Crippen LogP contribution in [0.2, 0.25) is 0 Å². The number of urea groups is 1. The van der Waals surface area contributed by atoms with Gasteiger partial charge in [-0.05, 0) is 19.8 Å². The number of aromatic nitrogens is 3. The minimum Gasteiger partial charge on any atom is -0.481 e. The van der Waals surface area contributed by atoms with Crippen molar-refractivity contribution in [1.29, 1.82) is 0 Å². The predicted molar refractivity (Wildman–Crippen MR) is 104 cm³/mol. The van der Waals surface area contributed by atoms with E-state index in [1.165, 1.54) is 0 Å². The van der Waals surface area contributed by atoms with Gasteiger partial charge in [-0.3, -0.25) is 10.00 Å². The molecular weight excluding hydrogens is 360 g/mol. The molecule has 2 N–H and O–H groups in total. The third-order valence-corrected chi connectivity index (χ3v) is 5.29. The Labute approximate surface area is 163 Å². The lowest BCUT2D eigenvalue weighted by atomic mass is 9.94. The lowest BCUT2D eigenvalue weighted by molar-refractivity contribution is 0.00483. The fraction of sp³-hybridized carbons (Fsp3) is 0.474. The van der Waals surface area contributed by atoms with Gasteiger partial charge >= 0.3 is 6.03 Å². The number of pyridine rings is 1. The second-order valence-electron chi connectivity index (χ2n) is 7.56. The predicted octanol–water partition coefficient (Wildman–Crippen LogP) is 1.63. The molecule has 2 amide bonds.